The Morgan fingerprint density at radius 2 is 2.00 bits per heavy atom. The number of hydrogen-bond donors (Lipinski definition) is 1. The van der Waals surface area contributed by atoms with Gasteiger partial charge in [0.05, 0.1) is 12.2 Å². The number of carbonyl (C=O) groups is 1. The van der Waals surface area contributed by atoms with Crippen LogP contribution in [0.1, 0.15) is 53.4 Å². The van der Waals surface area contributed by atoms with Crippen molar-refractivity contribution in [1.82, 2.24) is 0 Å². The Bertz CT molecular complexity index is 236. The summed E-state index contributed by atoms with van der Waals surface area (Å²) >= 11 is 0. The third-order valence-electron chi connectivity index (χ3n) is 2.53. The van der Waals surface area contributed by atoms with Crippen molar-refractivity contribution in [3.05, 3.63) is 11.6 Å². The van der Waals surface area contributed by atoms with Crippen molar-refractivity contribution in [2.45, 2.75) is 65.6 Å². The molecule has 0 spiro atoms. The topological polar surface area (TPSA) is 52.3 Å². The van der Waals surface area contributed by atoms with Crippen LogP contribution in [0.4, 0.5) is 0 Å². The van der Waals surface area contributed by atoms with Gasteiger partial charge in [0.25, 0.3) is 0 Å². The quantitative estimate of drug-likeness (QED) is 0.512. The van der Waals surface area contributed by atoms with E-state index in [0.717, 1.165) is 6.42 Å². The second kappa shape index (κ2) is 8.34. The molecule has 0 rings (SSSR count). The maximum absolute atomic E-state index is 10.8. The number of primary amides is 1. The molecule has 0 aromatic carbocycles. The van der Waals surface area contributed by atoms with E-state index in [-0.39, 0.29) is 18.1 Å². The molecule has 0 saturated heterocycles. The lowest BCUT2D eigenvalue weighted by atomic mass is 10.1. The summed E-state index contributed by atoms with van der Waals surface area (Å²) in [5.41, 5.74) is 5.71. The molecule has 0 saturated carbocycles. The lowest BCUT2D eigenvalue weighted by molar-refractivity contribution is -0.114. The highest BCUT2D eigenvalue weighted by Crippen LogP contribution is 2.10. The molecule has 0 aromatic rings. The first kappa shape index (κ1) is 15.2. The number of amides is 1. The maximum atomic E-state index is 10.8. The van der Waals surface area contributed by atoms with Gasteiger partial charge in [0.1, 0.15) is 0 Å². The van der Waals surface area contributed by atoms with Crippen LogP contribution in [0.3, 0.4) is 0 Å². The van der Waals surface area contributed by atoms with Crippen LogP contribution in [0, 0.1) is 0 Å². The normalized spacial score (nSPS) is 15.9. The van der Waals surface area contributed by atoms with Crippen LogP contribution in [0.5, 0.6) is 0 Å². The lowest BCUT2D eigenvalue weighted by Gasteiger charge is -2.17. The molecule has 0 bridgehead atoms. The molecule has 0 radical (unpaired) electrons. The van der Waals surface area contributed by atoms with Gasteiger partial charge in [0.15, 0.2) is 0 Å². The van der Waals surface area contributed by atoms with Crippen LogP contribution < -0.4 is 5.73 Å². The lowest BCUT2D eigenvalue weighted by Crippen LogP contribution is -2.18. The van der Waals surface area contributed by atoms with E-state index in [1.807, 2.05) is 6.92 Å². The van der Waals surface area contributed by atoms with Gasteiger partial charge in [0, 0.05) is 5.57 Å². The highest BCUT2D eigenvalue weighted by molar-refractivity contribution is 5.91. The predicted octanol–water partition coefficient (Wildman–Crippen LogP) is 2.79. The SMILES string of the molecule is CCCCCC(C)OC(C)C=C(C)C(N)=O. The molecule has 0 aliphatic heterocycles. The van der Waals surface area contributed by atoms with Crippen molar-refractivity contribution in [2.24, 2.45) is 5.73 Å². The van der Waals surface area contributed by atoms with E-state index in [2.05, 4.69) is 13.8 Å². The summed E-state index contributed by atoms with van der Waals surface area (Å²) in [5, 5.41) is 0. The van der Waals surface area contributed by atoms with Gasteiger partial charge in [-0.15, -0.1) is 0 Å². The maximum Gasteiger partial charge on any atom is 0.244 e. The van der Waals surface area contributed by atoms with Crippen molar-refractivity contribution in [2.75, 3.05) is 0 Å². The number of unbranched alkanes of at least 4 members (excludes halogenated alkanes) is 2. The third kappa shape index (κ3) is 7.46. The van der Waals surface area contributed by atoms with Gasteiger partial charge >= 0.3 is 0 Å². The van der Waals surface area contributed by atoms with E-state index in [4.69, 9.17) is 10.5 Å². The Labute approximate surface area is 99.0 Å². The van der Waals surface area contributed by atoms with Crippen LogP contribution in [0.25, 0.3) is 0 Å². The van der Waals surface area contributed by atoms with E-state index >= 15 is 0 Å². The number of carbonyl (C=O) groups excluding carboxylic acids is 1. The Hall–Kier alpha value is -0.830. The average molecular weight is 227 g/mol. The zero-order valence-corrected chi connectivity index (χ0v) is 11.0. The molecule has 1 amide bonds. The van der Waals surface area contributed by atoms with Gasteiger partial charge in [0.2, 0.25) is 5.91 Å². The number of rotatable bonds is 8. The average Bonchev–Trinajstić information content (AvgIpc) is 2.17. The number of ether oxygens (including phenoxy) is 1. The van der Waals surface area contributed by atoms with Crippen LogP contribution in [-0.4, -0.2) is 18.1 Å². The van der Waals surface area contributed by atoms with Gasteiger partial charge in [-0.1, -0.05) is 26.2 Å². The molecule has 0 aliphatic rings. The molecular formula is C13H25NO2. The van der Waals surface area contributed by atoms with Gasteiger partial charge < -0.3 is 10.5 Å². The largest absolute Gasteiger partial charge is 0.371 e. The first-order valence-corrected chi connectivity index (χ1v) is 6.11. The molecule has 16 heavy (non-hydrogen) atoms. The van der Waals surface area contributed by atoms with E-state index in [1.54, 1.807) is 13.0 Å². The zero-order valence-electron chi connectivity index (χ0n) is 11.0. The van der Waals surface area contributed by atoms with Crippen molar-refractivity contribution in [3.8, 4) is 0 Å². The second-order valence-corrected chi connectivity index (χ2v) is 4.36. The molecule has 0 aliphatic carbocycles. The third-order valence-corrected chi connectivity index (χ3v) is 2.53. The number of nitrogens with two attached hydrogens (primary N) is 1. The minimum absolute atomic E-state index is 0.0517. The fraction of sp³-hybridized carbons (Fsp3) is 0.769. The van der Waals surface area contributed by atoms with Crippen LogP contribution in [0.15, 0.2) is 11.6 Å². The Morgan fingerprint density at radius 1 is 1.38 bits per heavy atom. The minimum atomic E-state index is -0.380. The molecule has 94 valence electrons. The fourth-order valence-corrected chi connectivity index (χ4v) is 1.59. The molecular weight excluding hydrogens is 202 g/mol. The van der Waals surface area contributed by atoms with Crippen molar-refractivity contribution in [3.63, 3.8) is 0 Å². The summed E-state index contributed by atoms with van der Waals surface area (Å²) in [4.78, 5) is 10.8. The summed E-state index contributed by atoms with van der Waals surface area (Å²) in [6.07, 6.45) is 6.70. The smallest absolute Gasteiger partial charge is 0.244 e. The molecule has 3 heteroatoms. The van der Waals surface area contributed by atoms with E-state index < -0.39 is 0 Å². The van der Waals surface area contributed by atoms with E-state index in [0.29, 0.717) is 5.57 Å². The molecule has 3 nitrogen and oxygen atoms in total. The predicted molar refractivity (Wildman–Crippen MR) is 67.1 cm³/mol. The fourth-order valence-electron chi connectivity index (χ4n) is 1.59. The van der Waals surface area contributed by atoms with Gasteiger partial charge in [-0.05, 0) is 33.3 Å². The molecule has 2 unspecified atom stereocenters. The molecule has 2 N–H and O–H groups in total. The zero-order chi connectivity index (χ0) is 12.6. The van der Waals surface area contributed by atoms with E-state index in [1.165, 1.54) is 19.3 Å². The number of hydrogen-bond acceptors (Lipinski definition) is 2. The van der Waals surface area contributed by atoms with Gasteiger partial charge in [-0.25, -0.2) is 0 Å². The summed E-state index contributed by atoms with van der Waals surface area (Å²) in [7, 11) is 0. The highest BCUT2D eigenvalue weighted by Gasteiger charge is 2.07. The van der Waals surface area contributed by atoms with Crippen molar-refractivity contribution < 1.29 is 9.53 Å². The monoisotopic (exact) mass is 227 g/mol. The molecule has 0 fully saturated rings. The Balaban J connectivity index is 3.90. The van der Waals surface area contributed by atoms with Crippen molar-refractivity contribution in [1.29, 1.82) is 0 Å². The molecule has 2 atom stereocenters. The summed E-state index contributed by atoms with van der Waals surface area (Å²) in [6, 6.07) is 0. The summed E-state index contributed by atoms with van der Waals surface area (Å²) in [5.74, 6) is -0.380. The standard InChI is InChI=1S/C13H25NO2/c1-5-6-7-8-11(3)16-12(4)9-10(2)13(14)15/h9,11-12H,5-8H2,1-4H3,(H2,14,15). The van der Waals surface area contributed by atoms with Gasteiger partial charge in [-0.3, -0.25) is 4.79 Å². The van der Waals surface area contributed by atoms with Crippen LogP contribution in [-0.2, 0) is 9.53 Å². The highest BCUT2D eigenvalue weighted by atomic mass is 16.5. The minimum Gasteiger partial charge on any atom is -0.371 e. The Kier molecular flexibility index (Phi) is 7.90. The van der Waals surface area contributed by atoms with Crippen LogP contribution >= 0.6 is 0 Å². The first-order chi connectivity index (χ1) is 7.47. The Morgan fingerprint density at radius 3 is 2.50 bits per heavy atom. The summed E-state index contributed by atoms with van der Waals surface area (Å²) < 4.78 is 5.73. The van der Waals surface area contributed by atoms with Crippen molar-refractivity contribution >= 4 is 5.91 Å². The summed E-state index contributed by atoms with van der Waals surface area (Å²) in [6.45, 7) is 7.90. The first-order valence-electron chi connectivity index (χ1n) is 6.11. The molecule has 0 aromatic heterocycles. The molecule has 0 heterocycles. The van der Waals surface area contributed by atoms with E-state index in [9.17, 15) is 4.79 Å². The van der Waals surface area contributed by atoms with Crippen LogP contribution in [0.2, 0.25) is 0 Å². The second-order valence-electron chi connectivity index (χ2n) is 4.36. The van der Waals surface area contributed by atoms with Gasteiger partial charge in [-0.2, -0.15) is 0 Å².